The number of hydrogen-bond donors (Lipinski definition) is 0. The van der Waals surface area contributed by atoms with E-state index in [9.17, 15) is 0 Å². The van der Waals surface area contributed by atoms with Crippen LogP contribution in [0.4, 0.5) is 0 Å². The van der Waals surface area contributed by atoms with Gasteiger partial charge in [0.15, 0.2) is 5.65 Å². The monoisotopic (exact) mass is 258 g/mol. The molecule has 0 aliphatic carbocycles. The van der Waals surface area contributed by atoms with E-state index in [1.807, 2.05) is 37.7 Å². The van der Waals surface area contributed by atoms with Crippen molar-refractivity contribution < 1.29 is 0 Å². The summed E-state index contributed by atoms with van der Waals surface area (Å²) in [5, 5.41) is 3.17. The molecule has 3 aromatic rings. The van der Waals surface area contributed by atoms with Crippen molar-refractivity contribution in [3.05, 3.63) is 40.2 Å². The molecule has 0 aliphatic heterocycles. The van der Waals surface area contributed by atoms with Crippen molar-refractivity contribution in [3.8, 4) is 0 Å². The smallest absolute Gasteiger partial charge is 0.159 e. The second-order valence-corrected chi connectivity index (χ2v) is 5.29. The van der Waals surface area contributed by atoms with Crippen LogP contribution in [-0.4, -0.2) is 19.5 Å². The van der Waals surface area contributed by atoms with Crippen LogP contribution in [0.25, 0.3) is 11.2 Å². The summed E-state index contributed by atoms with van der Waals surface area (Å²) in [6.45, 7) is 2.00. The third kappa shape index (κ3) is 2.01. The zero-order valence-electron chi connectivity index (χ0n) is 10.4. The van der Waals surface area contributed by atoms with E-state index >= 15 is 0 Å². The van der Waals surface area contributed by atoms with E-state index in [4.69, 9.17) is 0 Å². The Bertz CT molecular complexity index is 670. The number of nitrogens with zero attached hydrogens (tertiary/aromatic N) is 4. The Labute approximate surface area is 109 Å². The fourth-order valence-electron chi connectivity index (χ4n) is 2.02. The minimum Gasteiger partial charge on any atom is -0.316 e. The molecule has 0 atom stereocenters. The maximum atomic E-state index is 4.63. The zero-order valence-corrected chi connectivity index (χ0v) is 11.2. The lowest BCUT2D eigenvalue weighted by atomic mass is 10.3. The average Bonchev–Trinajstić information content (AvgIpc) is 2.97. The Morgan fingerprint density at radius 2 is 2.11 bits per heavy atom. The number of pyridine rings is 1. The first-order valence-electron chi connectivity index (χ1n) is 5.91. The molecular weight excluding hydrogens is 244 g/mol. The maximum Gasteiger partial charge on any atom is 0.159 e. The molecular formula is C13H14N4S. The van der Waals surface area contributed by atoms with Gasteiger partial charge in [0.1, 0.15) is 11.3 Å². The maximum absolute atomic E-state index is 4.63. The Morgan fingerprint density at radius 1 is 1.22 bits per heavy atom. The Kier molecular flexibility index (Phi) is 2.83. The molecule has 0 N–H and O–H groups in total. The van der Waals surface area contributed by atoms with Gasteiger partial charge in [-0.3, -0.25) is 0 Å². The standard InChI is InChI=1S/C13H14N4S/c1-9-3-4-10-13(15-9)17(2)11(16-10)5-6-12-14-7-8-18-12/h3-4,7-8H,5-6H2,1-2H3. The van der Waals surface area contributed by atoms with Crippen molar-refractivity contribution in [1.29, 1.82) is 0 Å². The molecule has 0 unspecified atom stereocenters. The van der Waals surface area contributed by atoms with E-state index in [0.29, 0.717) is 0 Å². The van der Waals surface area contributed by atoms with Crippen molar-refractivity contribution in [1.82, 2.24) is 19.5 Å². The normalized spacial score (nSPS) is 11.2. The van der Waals surface area contributed by atoms with Gasteiger partial charge in [-0.15, -0.1) is 11.3 Å². The fraction of sp³-hybridized carbons (Fsp3) is 0.308. The molecule has 4 nitrogen and oxygen atoms in total. The molecule has 92 valence electrons. The molecule has 0 aliphatic rings. The van der Waals surface area contributed by atoms with Crippen molar-refractivity contribution in [2.45, 2.75) is 19.8 Å². The number of hydrogen-bond acceptors (Lipinski definition) is 4. The van der Waals surface area contributed by atoms with Crippen molar-refractivity contribution in [2.24, 2.45) is 7.05 Å². The SMILES string of the molecule is Cc1ccc2nc(CCc3nccs3)n(C)c2n1. The van der Waals surface area contributed by atoms with Crippen LogP contribution >= 0.6 is 11.3 Å². The number of rotatable bonds is 3. The summed E-state index contributed by atoms with van der Waals surface area (Å²) in [5.41, 5.74) is 2.96. The van der Waals surface area contributed by atoms with Crippen LogP contribution in [0.15, 0.2) is 23.7 Å². The van der Waals surface area contributed by atoms with E-state index in [-0.39, 0.29) is 0 Å². The number of aromatic nitrogens is 4. The first-order chi connectivity index (χ1) is 8.74. The van der Waals surface area contributed by atoms with Gasteiger partial charge >= 0.3 is 0 Å². The van der Waals surface area contributed by atoms with Gasteiger partial charge in [-0.2, -0.15) is 0 Å². The molecule has 3 heterocycles. The van der Waals surface area contributed by atoms with Crippen LogP contribution in [0.2, 0.25) is 0 Å². The lowest BCUT2D eigenvalue weighted by molar-refractivity contribution is 0.778. The topological polar surface area (TPSA) is 43.6 Å². The predicted octanol–water partition coefficient (Wildman–Crippen LogP) is 2.52. The molecule has 0 radical (unpaired) electrons. The summed E-state index contributed by atoms with van der Waals surface area (Å²) in [5.74, 6) is 1.07. The molecule has 18 heavy (non-hydrogen) atoms. The van der Waals surface area contributed by atoms with Gasteiger partial charge < -0.3 is 4.57 Å². The first kappa shape index (κ1) is 11.3. The minimum absolute atomic E-state index is 0.902. The van der Waals surface area contributed by atoms with Crippen molar-refractivity contribution in [3.63, 3.8) is 0 Å². The summed E-state index contributed by atoms with van der Waals surface area (Å²) in [7, 11) is 2.03. The second kappa shape index (κ2) is 4.49. The highest BCUT2D eigenvalue weighted by Crippen LogP contribution is 2.15. The summed E-state index contributed by atoms with van der Waals surface area (Å²) in [4.78, 5) is 13.5. The Morgan fingerprint density at radius 3 is 2.89 bits per heavy atom. The van der Waals surface area contributed by atoms with Gasteiger partial charge in [-0.1, -0.05) is 0 Å². The largest absolute Gasteiger partial charge is 0.316 e. The van der Waals surface area contributed by atoms with Crippen molar-refractivity contribution in [2.75, 3.05) is 0 Å². The van der Waals surface area contributed by atoms with Crippen LogP contribution in [0.1, 0.15) is 16.5 Å². The highest BCUT2D eigenvalue weighted by molar-refractivity contribution is 7.09. The van der Waals surface area contributed by atoms with Crippen LogP contribution < -0.4 is 0 Å². The molecule has 0 fully saturated rings. The molecule has 0 saturated heterocycles. The highest BCUT2D eigenvalue weighted by atomic mass is 32.1. The van der Waals surface area contributed by atoms with Crippen LogP contribution in [0, 0.1) is 6.92 Å². The quantitative estimate of drug-likeness (QED) is 0.725. The minimum atomic E-state index is 0.902. The predicted molar refractivity (Wildman–Crippen MR) is 72.8 cm³/mol. The number of imidazole rings is 1. The fourth-order valence-corrected chi connectivity index (χ4v) is 2.65. The van der Waals surface area contributed by atoms with E-state index in [1.54, 1.807) is 11.3 Å². The first-order valence-corrected chi connectivity index (χ1v) is 6.79. The molecule has 3 rings (SSSR count). The number of fused-ring (bicyclic) bond motifs is 1. The summed E-state index contributed by atoms with van der Waals surface area (Å²) < 4.78 is 2.08. The molecule has 0 amide bonds. The van der Waals surface area contributed by atoms with Gasteiger partial charge in [-0.25, -0.2) is 15.0 Å². The molecule has 0 saturated carbocycles. The molecule has 5 heteroatoms. The highest BCUT2D eigenvalue weighted by Gasteiger charge is 2.09. The third-order valence-electron chi connectivity index (χ3n) is 2.99. The Balaban J connectivity index is 1.90. The van der Waals surface area contributed by atoms with Gasteiger partial charge in [0, 0.05) is 37.2 Å². The zero-order chi connectivity index (χ0) is 12.5. The van der Waals surface area contributed by atoms with E-state index in [0.717, 1.165) is 40.5 Å². The van der Waals surface area contributed by atoms with Crippen LogP contribution in [0.3, 0.4) is 0 Å². The number of aryl methyl sites for hydroxylation is 4. The van der Waals surface area contributed by atoms with E-state index in [1.165, 1.54) is 0 Å². The van der Waals surface area contributed by atoms with E-state index < -0.39 is 0 Å². The summed E-state index contributed by atoms with van der Waals surface area (Å²) in [6.07, 6.45) is 3.69. The third-order valence-corrected chi connectivity index (χ3v) is 3.83. The van der Waals surface area contributed by atoms with Gasteiger partial charge in [0.2, 0.25) is 0 Å². The van der Waals surface area contributed by atoms with Crippen LogP contribution in [0.5, 0.6) is 0 Å². The molecule has 0 bridgehead atoms. The Hall–Kier alpha value is -1.75. The lowest BCUT2D eigenvalue weighted by Gasteiger charge is -2.00. The van der Waals surface area contributed by atoms with Crippen molar-refractivity contribution >= 4 is 22.5 Å². The average molecular weight is 258 g/mol. The molecule has 3 aromatic heterocycles. The van der Waals surface area contributed by atoms with Gasteiger partial charge in [-0.05, 0) is 19.1 Å². The molecule has 0 spiro atoms. The number of thiazole rings is 1. The van der Waals surface area contributed by atoms with Gasteiger partial charge in [0.25, 0.3) is 0 Å². The molecule has 0 aromatic carbocycles. The summed E-state index contributed by atoms with van der Waals surface area (Å²) >= 11 is 1.69. The van der Waals surface area contributed by atoms with Gasteiger partial charge in [0.05, 0.1) is 5.01 Å². The van der Waals surface area contributed by atoms with Crippen LogP contribution in [-0.2, 0) is 19.9 Å². The second-order valence-electron chi connectivity index (χ2n) is 4.31. The lowest BCUT2D eigenvalue weighted by Crippen LogP contribution is -2.01. The van der Waals surface area contributed by atoms with E-state index in [2.05, 4.69) is 19.5 Å². The summed E-state index contributed by atoms with van der Waals surface area (Å²) in [6, 6.07) is 4.03.